The molecule has 2 aromatic carbocycles. The van der Waals surface area contributed by atoms with Crippen LogP contribution in [0.1, 0.15) is 11.1 Å². The first-order valence-electron chi connectivity index (χ1n) is 7.07. The van der Waals surface area contributed by atoms with Gasteiger partial charge in [-0.15, -0.1) is 11.8 Å². The molecule has 5 nitrogen and oxygen atoms in total. The van der Waals surface area contributed by atoms with Crippen LogP contribution in [0.3, 0.4) is 0 Å². The Balaban J connectivity index is 2.35. The zero-order valence-corrected chi connectivity index (χ0v) is 15.5. The van der Waals surface area contributed by atoms with Gasteiger partial charge in [0, 0.05) is 11.9 Å². The maximum absolute atomic E-state index is 11.6. The van der Waals surface area contributed by atoms with Gasteiger partial charge < -0.3 is 4.74 Å². The normalized spacial score (nSPS) is 11.0. The minimum absolute atomic E-state index is 0.273. The lowest BCUT2D eigenvalue weighted by atomic mass is 10.2. The van der Waals surface area contributed by atoms with E-state index in [1.807, 2.05) is 37.4 Å². The average molecular weight is 362 g/mol. The molecule has 0 saturated carbocycles. The number of benzene rings is 2. The summed E-state index contributed by atoms with van der Waals surface area (Å²) in [7, 11) is -1.94. The van der Waals surface area contributed by atoms with Crippen LogP contribution in [0.2, 0.25) is 0 Å². The lowest BCUT2D eigenvalue weighted by Gasteiger charge is -2.18. The maximum atomic E-state index is 11.6. The van der Waals surface area contributed by atoms with Crippen molar-refractivity contribution in [2.75, 3.05) is 23.9 Å². The molecule has 0 aromatic heterocycles. The summed E-state index contributed by atoms with van der Waals surface area (Å²) in [6.45, 7) is 1.99. The topological polar surface area (TPSA) is 70.4 Å². The van der Waals surface area contributed by atoms with E-state index in [-0.39, 0.29) is 5.56 Å². The van der Waals surface area contributed by atoms with Gasteiger partial charge in [0.2, 0.25) is 10.0 Å². The number of anilines is 1. The molecule has 0 aliphatic heterocycles. The first-order valence-corrected chi connectivity index (χ1v) is 10.1. The molecule has 0 heterocycles. The molecule has 0 radical (unpaired) electrons. The Hall–Kier alpha value is -2.17. The summed E-state index contributed by atoms with van der Waals surface area (Å²) in [6, 6.07) is 12.5. The molecule has 0 N–H and O–H groups in total. The Morgan fingerprint density at radius 2 is 1.92 bits per heavy atom. The molecule has 7 heteroatoms. The van der Waals surface area contributed by atoms with Gasteiger partial charge in [-0.2, -0.15) is 5.26 Å². The number of nitrogens with zero attached hydrogens (tertiary/aromatic N) is 2. The van der Waals surface area contributed by atoms with Crippen LogP contribution < -0.4 is 9.04 Å². The molecule has 126 valence electrons. The van der Waals surface area contributed by atoms with Crippen LogP contribution in [0.15, 0.2) is 41.3 Å². The molecule has 0 atom stereocenters. The predicted octanol–water partition coefficient (Wildman–Crippen LogP) is 3.78. The van der Waals surface area contributed by atoms with Crippen molar-refractivity contribution >= 4 is 27.5 Å². The van der Waals surface area contributed by atoms with Crippen LogP contribution in [0, 0.1) is 18.3 Å². The largest absolute Gasteiger partial charge is 0.456 e. The van der Waals surface area contributed by atoms with Crippen molar-refractivity contribution in [2.45, 2.75) is 11.8 Å². The van der Waals surface area contributed by atoms with Gasteiger partial charge in [-0.25, -0.2) is 8.42 Å². The smallest absolute Gasteiger partial charge is 0.231 e. The molecule has 2 aromatic rings. The summed E-state index contributed by atoms with van der Waals surface area (Å²) in [5.74, 6) is 1.02. The summed E-state index contributed by atoms with van der Waals surface area (Å²) in [6.07, 6.45) is 3.12. The fourth-order valence-electron chi connectivity index (χ4n) is 2.12. The summed E-state index contributed by atoms with van der Waals surface area (Å²) >= 11 is 1.66. The van der Waals surface area contributed by atoms with E-state index in [2.05, 4.69) is 0 Å². The summed E-state index contributed by atoms with van der Waals surface area (Å²) in [5, 5.41) is 9.34. The summed E-state index contributed by atoms with van der Waals surface area (Å²) in [5.41, 5.74) is 1.77. The van der Waals surface area contributed by atoms with Crippen LogP contribution in [0.5, 0.6) is 11.5 Å². The number of thioether (sulfide) groups is 1. The van der Waals surface area contributed by atoms with Gasteiger partial charge in [0.25, 0.3) is 0 Å². The molecule has 0 aliphatic rings. The van der Waals surface area contributed by atoms with Crippen LogP contribution >= 0.6 is 11.8 Å². The van der Waals surface area contributed by atoms with Crippen molar-refractivity contribution in [1.29, 1.82) is 5.26 Å². The van der Waals surface area contributed by atoms with Gasteiger partial charge >= 0.3 is 0 Å². The van der Waals surface area contributed by atoms with Crippen molar-refractivity contribution in [2.24, 2.45) is 0 Å². The molecule has 24 heavy (non-hydrogen) atoms. The van der Waals surface area contributed by atoms with E-state index in [1.54, 1.807) is 23.9 Å². The Bertz CT molecular complexity index is 903. The molecule has 0 saturated heterocycles. The minimum Gasteiger partial charge on any atom is -0.456 e. The Kier molecular flexibility index (Phi) is 5.42. The average Bonchev–Trinajstić information content (AvgIpc) is 2.54. The second-order valence-electron chi connectivity index (χ2n) is 5.26. The predicted molar refractivity (Wildman–Crippen MR) is 97.4 cm³/mol. The van der Waals surface area contributed by atoms with Gasteiger partial charge in [0.15, 0.2) is 0 Å². The van der Waals surface area contributed by atoms with E-state index in [1.165, 1.54) is 13.1 Å². The van der Waals surface area contributed by atoms with Gasteiger partial charge in [0.1, 0.15) is 17.6 Å². The van der Waals surface area contributed by atoms with Crippen molar-refractivity contribution in [1.82, 2.24) is 0 Å². The number of aryl methyl sites for hydroxylation is 1. The highest BCUT2D eigenvalue weighted by atomic mass is 32.2. The lowest BCUT2D eigenvalue weighted by molar-refractivity contribution is 0.480. The monoisotopic (exact) mass is 362 g/mol. The molecule has 0 bridgehead atoms. The first kappa shape index (κ1) is 18.2. The molecule has 0 spiro atoms. The third kappa shape index (κ3) is 4.02. The van der Waals surface area contributed by atoms with Crippen LogP contribution in [0.25, 0.3) is 0 Å². The zero-order chi connectivity index (χ0) is 17.9. The maximum Gasteiger partial charge on any atom is 0.231 e. The second kappa shape index (κ2) is 7.16. The number of hydrogen-bond acceptors (Lipinski definition) is 5. The highest BCUT2D eigenvalue weighted by Gasteiger charge is 2.15. The van der Waals surface area contributed by atoms with Gasteiger partial charge in [-0.3, -0.25) is 4.31 Å². The van der Waals surface area contributed by atoms with E-state index in [9.17, 15) is 13.7 Å². The van der Waals surface area contributed by atoms with E-state index >= 15 is 0 Å². The van der Waals surface area contributed by atoms with E-state index < -0.39 is 10.0 Å². The zero-order valence-electron chi connectivity index (χ0n) is 13.9. The molecular formula is C17H18N2O3S2. The molecule has 0 unspecified atom stereocenters. The highest BCUT2D eigenvalue weighted by Crippen LogP contribution is 2.31. The second-order valence-corrected chi connectivity index (χ2v) is 8.12. The highest BCUT2D eigenvalue weighted by molar-refractivity contribution is 7.98. The van der Waals surface area contributed by atoms with Gasteiger partial charge in [-0.1, -0.05) is 0 Å². The van der Waals surface area contributed by atoms with E-state index in [0.717, 1.165) is 21.0 Å². The van der Waals surface area contributed by atoms with Gasteiger partial charge in [-0.05, 0) is 55.1 Å². The summed E-state index contributed by atoms with van der Waals surface area (Å²) < 4.78 is 30.2. The fourth-order valence-corrected chi connectivity index (χ4v) is 3.20. The van der Waals surface area contributed by atoms with Crippen LogP contribution in [-0.2, 0) is 10.0 Å². The minimum atomic E-state index is -3.39. The third-order valence-electron chi connectivity index (χ3n) is 3.54. The molecular weight excluding hydrogens is 344 g/mol. The molecule has 0 fully saturated rings. The SMILES string of the molecule is CSc1ccc(Oc2ccc(N(C)S(C)(=O)=O)cc2C#N)cc1C. The lowest BCUT2D eigenvalue weighted by Crippen LogP contribution is -2.24. The van der Waals surface area contributed by atoms with E-state index in [4.69, 9.17) is 4.74 Å². The molecule has 0 aliphatic carbocycles. The first-order chi connectivity index (χ1) is 11.3. The van der Waals surface area contributed by atoms with Crippen molar-refractivity contribution < 1.29 is 13.2 Å². The Morgan fingerprint density at radius 1 is 1.21 bits per heavy atom. The Morgan fingerprint density at radius 3 is 2.46 bits per heavy atom. The molecule has 2 rings (SSSR count). The van der Waals surface area contributed by atoms with Crippen LogP contribution in [-0.4, -0.2) is 28.0 Å². The number of rotatable bonds is 5. The van der Waals surface area contributed by atoms with Gasteiger partial charge in [0.05, 0.1) is 17.5 Å². The van der Waals surface area contributed by atoms with E-state index in [0.29, 0.717) is 17.2 Å². The standard InChI is InChI=1S/C17H18N2O3S2/c1-12-9-15(6-8-17(12)23-3)22-16-7-5-14(10-13(16)11-18)19(2)24(4,20)21/h5-10H,1-4H3. The molecule has 0 amide bonds. The fraction of sp³-hybridized carbons (Fsp3) is 0.235. The van der Waals surface area contributed by atoms with Crippen molar-refractivity contribution in [3.63, 3.8) is 0 Å². The van der Waals surface area contributed by atoms with Crippen molar-refractivity contribution in [3.05, 3.63) is 47.5 Å². The third-order valence-corrected chi connectivity index (χ3v) is 5.64. The number of ether oxygens (including phenoxy) is 1. The number of hydrogen-bond donors (Lipinski definition) is 0. The Labute approximate surface area is 146 Å². The number of nitriles is 1. The number of sulfonamides is 1. The summed E-state index contributed by atoms with van der Waals surface area (Å²) in [4.78, 5) is 1.16. The quantitative estimate of drug-likeness (QED) is 0.757. The van der Waals surface area contributed by atoms with Crippen LogP contribution in [0.4, 0.5) is 5.69 Å². The van der Waals surface area contributed by atoms with Crippen molar-refractivity contribution in [3.8, 4) is 17.6 Å².